The van der Waals surface area contributed by atoms with E-state index in [1.165, 1.54) is 11.1 Å². The zero-order valence-electron chi connectivity index (χ0n) is 18.0. The molecule has 30 heavy (non-hydrogen) atoms. The maximum Gasteiger partial charge on any atom is 0.412 e. The van der Waals surface area contributed by atoms with E-state index in [0.29, 0.717) is 12.1 Å². The van der Waals surface area contributed by atoms with Crippen molar-refractivity contribution >= 4 is 23.5 Å². The highest BCUT2D eigenvalue weighted by atomic mass is 16.6. The number of aryl methyl sites for hydroxylation is 1. The smallest absolute Gasteiger partial charge is 0.412 e. The standard InChI is InChI=1S/C23H30N4O3/c1-5-24-21(28)16-9-12-20(25-14-16)27-19-8-6-7-15-13-17(10-11-18(15)19)26-22(29)30-23(2,3)4/h9-14,19H,5-8H2,1-4H3,(H,24,28)(H,25,27)(H,26,29). The Kier molecular flexibility index (Phi) is 6.59. The van der Waals surface area contributed by atoms with Gasteiger partial charge in [0.25, 0.3) is 5.91 Å². The van der Waals surface area contributed by atoms with E-state index < -0.39 is 11.7 Å². The minimum absolute atomic E-state index is 0.121. The first-order valence-electron chi connectivity index (χ1n) is 10.4. The summed E-state index contributed by atoms with van der Waals surface area (Å²) in [6.45, 7) is 7.99. The molecule has 1 aromatic heterocycles. The van der Waals surface area contributed by atoms with Crippen molar-refractivity contribution < 1.29 is 14.3 Å². The molecule has 0 saturated carbocycles. The Hall–Kier alpha value is -3.09. The van der Waals surface area contributed by atoms with Crippen LogP contribution in [0, 0.1) is 0 Å². The number of amides is 2. The number of ether oxygens (including phenoxy) is 1. The van der Waals surface area contributed by atoms with E-state index in [1.54, 1.807) is 12.3 Å². The van der Waals surface area contributed by atoms with Gasteiger partial charge in [0.15, 0.2) is 0 Å². The molecule has 0 aliphatic heterocycles. The van der Waals surface area contributed by atoms with Crippen LogP contribution in [0.2, 0.25) is 0 Å². The van der Waals surface area contributed by atoms with Gasteiger partial charge in [-0.25, -0.2) is 9.78 Å². The minimum Gasteiger partial charge on any atom is -0.444 e. The Bertz CT molecular complexity index is 904. The van der Waals surface area contributed by atoms with Gasteiger partial charge in [-0.2, -0.15) is 0 Å². The van der Waals surface area contributed by atoms with Crippen molar-refractivity contribution in [1.29, 1.82) is 0 Å². The zero-order chi connectivity index (χ0) is 21.7. The average Bonchev–Trinajstić information content (AvgIpc) is 2.67. The molecule has 160 valence electrons. The number of carbonyl (C=O) groups is 2. The van der Waals surface area contributed by atoms with E-state index >= 15 is 0 Å². The summed E-state index contributed by atoms with van der Waals surface area (Å²) >= 11 is 0. The van der Waals surface area contributed by atoms with Gasteiger partial charge in [-0.15, -0.1) is 0 Å². The van der Waals surface area contributed by atoms with Crippen molar-refractivity contribution in [3.05, 3.63) is 53.2 Å². The first kappa shape index (κ1) is 21.6. The van der Waals surface area contributed by atoms with Crippen LogP contribution in [-0.4, -0.2) is 29.1 Å². The molecule has 7 heteroatoms. The van der Waals surface area contributed by atoms with Gasteiger partial charge in [-0.1, -0.05) is 6.07 Å². The predicted octanol–water partition coefficient (Wildman–Crippen LogP) is 4.67. The van der Waals surface area contributed by atoms with Gasteiger partial charge < -0.3 is 15.4 Å². The molecule has 0 fully saturated rings. The highest BCUT2D eigenvalue weighted by Gasteiger charge is 2.22. The summed E-state index contributed by atoms with van der Waals surface area (Å²) in [7, 11) is 0. The first-order chi connectivity index (χ1) is 14.2. The largest absolute Gasteiger partial charge is 0.444 e. The molecular weight excluding hydrogens is 380 g/mol. The van der Waals surface area contributed by atoms with Gasteiger partial charge in [0, 0.05) is 18.4 Å². The number of hydrogen-bond acceptors (Lipinski definition) is 5. The lowest BCUT2D eigenvalue weighted by Gasteiger charge is -2.27. The fraction of sp³-hybridized carbons (Fsp3) is 0.435. The molecule has 1 aliphatic rings. The second-order valence-electron chi connectivity index (χ2n) is 8.42. The van der Waals surface area contributed by atoms with Crippen molar-refractivity contribution in [2.75, 3.05) is 17.2 Å². The number of hydrogen-bond donors (Lipinski definition) is 3. The first-order valence-corrected chi connectivity index (χ1v) is 10.4. The second-order valence-corrected chi connectivity index (χ2v) is 8.42. The third kappa shape index (κ3) is 5.72. The van der Waals surface area contributed by atoms with Crippen molar-refractivity contribution in [2.45, 2.75) is 58.6 Å². The molecule has 0 radical (unpaired) electrons. The molecule has 1 aliphatic carbocycles. The number of nitrogens with one attached hydrogen (secondary N) is 3. The molecule has 7 nitrogen and oxygen atoms in total. The maximum absolute atomic E-state index is 12.0. The van der Waals surface area contributed by atoms with Crippen LogP contribution in [0.25, 0.3) is 0 Å². The van der Waals surface area contributed by atoms with Crippen LogP contribution in [0.3, 0.4) is 0 Å². The van der Waals surface area contributed by atoms with E-state index in [2.05, 4.69) is 20.9 Å². The fourth-order valence-corrected chi connectivity index (χ4v) is 3.52. The summed E-state index contributed by atoms with van der Waals surface area (Å²) in [5.74, 6) is 0.612. The Morgan fingerprint density at radius 2 is 2.00 bits per heavy atom. The van der Waals surface area contributed by atoms with E-state index in [-0.39, 0.29) is 11.9 Å². The average molecular weight is 411 g/mol. The Balaban J connectivity index is 1.68. The highest BCUT2D eigenvalue weighted by molar-refractivity contribution is 5.94. The summed E-state index contributed by atoms with van der Waals surface area (Å²) in [5.41, 5.74) is 3.14. The second kappa shape index (κ2) is 9.15. The lowest BCUT2D eigenvalue weighted by molar-refractivity contribution is 0.0635. The van der Waals surface area contributed by atoms with Crippen molar-refractivity contribution in [1.82, 2.24) is 10.3 Å². The molecule has 2 amide bonds. The maximum atomic E-state index is 12.0. The van der Waals surface area contributed by atoms with Gasteiger partial charge in [0.1, 0.15) is 11.4 Å². The van der Waals surface area contributed by atoms with Crippen LogP contribution < -0.4 is 16.0 Å². The molecule has 3 rings (SSSR count). The molecule has 1 heterocycles. The van der Waals surface area contributed by atoms with Gasteiger partial charge in [0.05, 0.1) is 11.6 Å². The van der Waals surface area contributed by atoms with Crippen molar-refractivity contribution in [3.63, 3.8) is 0 Å². The Morgan fingerprint density at radius 3 is 2.67 bits per heavy atom. The number of rotatable bonds is 5. The number of anilines is 2. The van der Waals surface area contributed by atoms with Gasteiger partial charge in [0.2, 0.25) is 0 Å². The fourth-order valence-electron chi connectivity index (χ4n) is 3.52. The normalized spacial score (nSPS) is 15.7. The van der Waals surface area contributed by atoms with E-state index in [4.69, 9.17) is 4.74 Å². The molecule has 3 N–H and O–H groups in total. The van der Waals surface area contributed by atoms with Crippen molar-refractivity contribution in [2.24, 2.45) is 0 Å². The topological polar surface area (TPSA) is 92.4 Å². The van der Waals surface area contributed by atoms with Crippen LogP contribution >= 0.6 is 0 Å². The highest BCUT2D eigenvalue weighted by Crippen LogP contribution is 2.33. The summed E-state index contributed by atoms with van der Waals surface area (Å²) in [6, 6.07) is 9.69. The molecule has 2 aromatic rings. The quantitative estimate of drug-likeness (QED) is 0.666. The molecule has 1 unspecified atom stereocenters. The SMILES string of the molecule is CCNC(=O)c1ccc(NC2CCCc3cc(NC(=O)OC(C)(C)C)ccc32)nc1. The number of nitrogens with zero attached hydrogens (tertiary/aromatic N) is 1. The zero-order valence-corrected chi connectivity index (χ0v) is 18.0. The van der Waals surface area contributed by atoms with Gasteiger partial charge in [-0.3, -0.25) is 10.1 Å². The molecular formula is C23H30N4O3. The summed E-state index contributed by atoms with van der Waals surface area (Å²) in [6.07, 6.45) is 4.12. The third-order valence-electron chi connectivity index (χ3n) is 4.79. The number of benzene rings is 1. The molecule has 0 bridgehead atoms. The molecule has 1 atom stereocenters. The lowest BCUT2D eigenvalue weighted by Crippen LogP contribution is -2.27. The summed E-state index contributed by atoms with van der Waals surface area (Å²) in [4.78, 5) is 28.3. The third-order valence-corrected chi connectivity index (χ3v) is 4.79. The van der Waals surface area contributed by atoms with Crippen LogP contribution in [0.5, 0.6) is 0 Å². The predicted molar refractivity (Wildman–Crippen MR) is 118 cm³/mol. The van der Waals surface area contributed by atoms with E-state index in [0.717, 1.165) is 30.8 Å². The minimum atomic E-state index is -0.535. The van der Waals surface area contributed by atoms with E-state index in [9.17, 15) is 9.59 Å². The van der Waals surface area contributed by atoms with E-state index in [1.807, 2.05) is 52.0 Å². The molecule has 0 spiro atoms. The Labute approximate surface area is 177 Å². The lowest BCUT2D eigenvalue weighted by atomic mass is 9.87. The number of aromatic nitrogens is 1. The monoisotopic (exact) mass is 410 g/mol. The van der Waals surface area contributed by atoms with Crippen LogP contribution in [0.15, 0.2) is 36.5 Å². The van der Waals surface area contributed by atoms with Crippen LogP contribution in [-0.2, 0) is 11.2 Å². The van der Waals surface area contributed by atoms with Crippen LogP contribution in [0.4, 0.5) is 16.3 Å². The molecule has 0 saturated heterocycles. The number of fused-ring (bicyclic) bond motifs is 1. The Morgan fingerprint density at radius 1 is 1.20 bits per heavy atom. The van der Waals surface area contributed by atoms with Crippen molar-refractivity contribution in [3.8, 4) is 0 Å². The molecule has 1 aromatic carbocycles. The van der Waals surface area contributed by atoms with Gasteiger partial charge >= 0.3 is 6.09 Å². The van der Waals surface area contributed by atoms with Crippen LogP contribution in [0.1, 0.15) is 68.1 Å². The summed E-state index contributed by atoms with van der Waals surface area (Å²) < 4.78 is 5.33. The van der Waals surface area contributed by atoms with Gasteiger partial charge in [-0.05, 0) is 82.3 Å². The number of carbonyl (C=O) groups excluding carboxylic acids is 2. The summed E-state index contributed by atoms with van der Waals surface area (Å²) in [5, 5.41) is 9.05. The number of pyridine rings is 1.